The van der Waals surface area contributed by atoms with Crippen LogP contribution in [0.1, 0.15) is 10.4 Å². The van der Waals surface area contributed by atoms with Crippen molar-refractivity contribution in [1.82, 2.24) is 20.4 Å². The highest BCUT2D eigenvalue weighted by Crippen LogP contribution is 2.28. The van der Waals surface area contributed by atoms with Gasteiger partial charge in [-0.15, -0.1) is 10.2 Å². The fourth-order valence-electron chi connectivity index (χ4n) is 2.77. The smallest absolute Gasteiger partial charge is 0.256 e. The van der Waals surface area contributed by atoms with Crippen LogP contribution in [-0.2, 0) is 9.53 Å². The van der Waals surface area contributed by atoms with Crippen molar-refractivity contribution in [1.29, 1.82) is 0 Å². The standard InChI is InChI=1S/C18H22FN5O3S2/c1-27-11-6-20-15(25)12-28-18-22-21-17(29-18)24-9-7-23(8-10-24)16(26)13-4-2-3-5-14(13)19/h2-5H,6-12H2,1H3,(H,20,25). The number of nitrogens with one attached hydrogen (secondary N) is 1. The number of carbonyl (C=O) groups is 2. The summed E-state index contributed by atoms with van der Waals surface area (Å²) < 4.78 is 19.4. The molecule has 2 heterocycles. The molecule has 1 N–H and O–H groups in total. The number of thioether (sulfide) groups is 1. The van der Waals surface area contributed by atoms with Gasteiger partial charge in [0.25, 0.3) is 5.91 Å². The molecule has 0 saturated carbocycles. The number of aromatic nitrogens is 2. The van der Waals surface area contributed by atoms with E-state index in [4.69, 9.17) is 4.74 Å². The van der Waals surface area contributed by atoms with Crippen LogP contribution in [-0.4, -0.2) is 79.1 Å². The maximum absolute atomic E-state index is 13.8. The molecule has 0 atom stereocenters. The summed E-state index contributed by atoms with van der Waals surface area (Å²) in [5.74, 6) is -0.611. The number of ether oxygens (including phenoxy) is 1. The Morgan fingerprint density at radius 1 is 1.24 bits per heavy atom. The Kier molecular flexibility index (Phi) is 7.78. The second-order valence-corrected chi connectivity index (χ2v) is 8.42. The van der Waals surface area contributed by atoms with Gasteiger partial charge in [0.05, 0.1) is 17.9 Å². The van der Waals surface area contributed by atoms with Gasteiger partial charge >= 0.3 is 0 Å². The van der Waals surface area contributed by atoms with E-state index in [2.05, 4.69) is 15.5 Å². The van der Waals surface area contributed by atoms with Crippen LogP contribution in [0.4, 0.5) is 9.52 Å². The van der Waals surface area contributed by atoms with Crippen molar-refractivity contribution in [2.24, 2.45) is 0 Å². The molecule has 1 aliphatic rings. The highest BCUT2D eigenvalue weighted by Gasteiger charge is 2.25. The van der Waals surface area contributed by atoms with Crippen molar-refractivity contribution in [3.8, 4) is 0 Å². The predicted octanol–water partition coefficient (Wildman–Crippen LogP) is 1.49. The van der Waals surface area contributed by atoms with Crippen LogP contribution in [0.15, 0.2) is 28.6 Å². The van der Waals surface area contributed by atoms with Crippen LogP contribution in [0.25, 0.3) is 0 Å². The number of piperazine rings is 1. The summed E-state index contributed by atoms with van der Waals surface area (Å²) in [5.41, 5.74) is 0.0966. The molecule has 29 heavy (non-hydrogen) atoms. The summed E-state index contributed by atoms with van der Waals surface area (Å²) in [5, 5.41) is 11.8. The van der Waals surface area contributed by atoms with E-state index in [1.54, 1.807) is 24.1 Å². The van der Waals surface area contributed by atoms with E-state index in [1.807, 2.05) is 4.90 Å². The van der Waals surface area contributed by atoms with Gasteiger partial charge in [-0.2, -0.15) is 0 Å². The normalized spacial score (nSPS) is 14.1. The Hall–Kier alpha value is -2.24. The molecular weight excluding hydrogens is 417 g/mol. The highest BCUT2D eigenvalue weighted by molar-refractivity contribution is 8.01. The first-order chi connectivity index (χ1) is 14.1. The molecule has 2 aromatic rings. The van der Waals surface area contributed by atoms with Gasteiger partial charge in [-0.1, -0.05) is 35.2 Å². The molecule has 156 valence electrons. The lowest BCUT2D eigenvalue weighted by atomic mass is 10.1. The molecule has 2 amide bonds. The Labute approximate surface area is 176 Å². The molecule has 8 nitrogen and oxygen atoms in total. The minimum Gasteiger partial charge on any atom is -0.383 e. The zero-order valence-electron chi connectivity index (χ0n) is 16.0. The number of anilines is 1. The summed E-state index contributed by atoms with van der Waals surface area (Å²) >= 11 is 2.75. The first-order valence-electron chi connectivity index (χ1n) is 9.09. The second-order valence-electron chi connectivity index (χ2n) is 6.24. The van der Waals surface area contributed by atoms with Gasteiger partial charge in [-0.3, -0.25) is 9.59 Å². The Balaban J connectivity index is 1.47. The van der Waals surface area contributed by atoms with Crippen molar-refractivity contribution in [2.75, 3.05) is 57.1 Å². The summed E-state index contributed by atoms with van der Waals surface area (Å²) in [4.78, 5) is 27.9. The van der Waals surface area contributed by atoms with Gasteiger partial charge in [0, 0.05) is 39.8 Å². The van der Waals surface area contributed by atoms with Gasteiger partial charge in [0.15, 0.2) is 4.34 Å². The number of carbonyl (C=O) groups excluding carboxylic acids is 2. The molecule has 0 bridgehead atoms. The molecule has 0 unspecified atom stereocenters. The van der Waals surface area contributed by atoms with Crippen LogP contribution < -0.4 is 10.2 Å². The second kappa shape index (κ2) is 10.5. The fraction of sp³-hybridized carbons (Fsp3) is 0.444. The Morgan fingerprint density at radius 2 is 2.00 bits per heavy atom. The zero-order chi connectivity index (χ0) is 20.6. The van der Waals surface area contributed by atoms with Crippen LogP contribution in [0, 0.1) is 5.82 Å². The number of hydrogen-bond donors (Lipinski definition) is 1. The largest absolute Gasteiger partial charge is 0.383 e. The number of hydrogen-bond acceptors (Lipinski definition) is 8. The topological polar surface area (TPSA) is 87.7 Å². The van der Waals surface area contributed by atoms with E-state index in [9.17, 15) is 14.0 Å². The lowest BCUT2D eigenvalue weighted by Crippen LogP contribution is -2.49. The fourth-order valence-corrected chi connectivity index (χ4v) is 4.49. The zero-order valence-corrected chi connectivity index (χ0v) is 17.6. The molecule has 3 rings (SSSR count). The minimum atomic E-state index is -0.503. The van der Waals surface area contributed by atoms with E-state index in [-0.39, 0.29) is 23.1 Å². The molecule has 1 aliphatic heterocycles. The van der Waals surface area contributed by atoms with E-state index in [1.165, 1.54) is 35.2 Å². The third-order valence-corrected chi connectivity index (χ3v) is 6.41. The van der Waals surface area contributed by atoms with Crippen molar-refractivity contribution < 1.29 is 18.7 Å². The number of halogens is 1. The SMILES string of the molecule is COCCNC(=O)CSc1nnc(N2CCN(C(=O)c3ccccc3F)CC2)s1. The van der Waals surface area contributed by atoms with Crippen molar-refractivity contribution in [2.45, 2.75) is 4.34 Å². The average Bonchev–Trinajstić information content (AvgIpc) is 3.21. The molecule has 1 saturated heterocycles. The van der Waals surface area contributed by atoms with Crippen molar-refractivity contribution >= 4 is 40.0 Å². The molecular formula is C18H22FN5O3S2. The first-order valence-corrected chi connectivity index (χ1v) is 10.9. The number of nitrogens with zero attached hydrogens (tertiary/aromatic N) is 4. The summed E-state index contributed by atoms with van der Waals surface area (Å²) in [7, 11) is 1.58. The highest BCUT2D eigenvalue weighted by atomic mass is 32.2. The summed E-state index contributed by atoms with van der Waals surface area (Å²) in [6.45, 7) is 3.11. The number of rotatable bonds is 8. The molecule has 0 radical (unpaired) electrons. The van der Waals surface area contributed by atoms with E-state index in [0.717, 1.165) is 5.13 Å². The lowest BCUT2D eigenvalue weighted by molar-refractivity contribution is -0.118. The molecule has 1 fully saturated rings. The van der Waals surface area contributed by atoms with Gasteiger partial charge in [-0.05, 0) is 12.1 Å². The van der Waals surface area contributed by atoms with Gasteiger partial charge < -0.3 is 19.9 Å². The van der Waals surface area contributed by atoms with Crippen LogP contribution >= 0.6 is 23.1 Å². The molecule has 1 aromatic carbocycles. The number of amides is 2. The first kappa shape index (κ1) is 21.5. The molecule has 11 heteroatoms. The predicted molar refractivity (Wildman–Crippen MR) is 110 cm³/mol. The third kappa shape index (κ3) is 5.87. The van der Waals surface area contributed by atoms with E-state index in [0.29, 0.717) is 43.7 Å². The Bertz CT molecular complexity index is 842. The van der Waals surface area contributed by atoms with Crippen molar-refractivity contribution in [3.63, 3.8) is 0 Å². The third-order valence-electron chi connectivity index (χ3n) is 4.29. The minimum absolute atomic E-state index is 0.0796. The van der Waals surface area contributed by atoms with E-state index < -0.39 is 5.82 Å². The van der Waals surface area contributed by atoms with Crippen LogP contribution in [0.3, 0.4) is 0 Å². The maximum Gasteiger partial charge on any atom is 0.256 e. The Morgan fingerprint density at radius 3 is 2.72 bits per heavy atom. The summed E-state index contributed by atoms with van der Waals surface area (Å²) in [6, 6.07) is 6.02. The number of benzene rings is 1. The van der Waals surface area contributed by atoms with E-state index >= 15 is 0 Å². The quantitative estimate of drug-likeness (QED) is 0.493. The monoisotopic (exact) mass is 439 g/mol. The van der Waals surface area contributed by atoms with Gasteiger partial charge in [0.2, 0.25) is 11.0 Å². The maximum atomic E-state index is 13.8. The number of methoxy groups -OCH3 is 1. The molecule has 0 spiro atoms. The molecule has 0 aliphatic carbocycles. The average molecular weight is 440 g/mol. The summed E-state index contributed by atoms with van der Waals surface area (Å²) in [6.07, 6.45) is 0. The molecule has 1 aromatic heterocycles. The van der Waals surface area contributed by atoms with Crippen LogP contribution in [0.5, 0.6) is 0 Å². The van der Waals surface area contributed by atoms with Crippen molar-refractivity contribution in [3.05, 3.63) is 35.6 Å². The lowest BCUT2D eigenvalue weighted by Gasteiger charge is -2.34. The van der Waals surface area contributed by atoms with Gasteiger partial charge in [0.1, 0.15) is 5.82 Å². The van der Waals surface area contributed by atoms with Gasteiger partial charge in [-0.25, -0.2) is 4.39 Å². The van der Waals surface area contributed by atoms with Crippen LogP contribution in [0.2, 0.25) is 0 Å².